The summed E-state index contributed by atoms with van der Waals surface area (Å²) in [4.78, 5) is 51.7. The number of carbonyl (C=O) groups excluding carboxylic acids is 4. The van der Waals surface area contributed by atoms with Crippen LogP contribution in [0.1, 0.15) is 64.2 Å². The van der Waals surface area contributed by atoms with Crippen LogP contribution < -0.4 is 16.4 Å². The second-order valence-corrected chi connectivity index (χ2v) is 10.3. The van der Waals surface area contributed by atoms with E-state index in [1.165, 1.54) is 31.3 Å². The summed E-state index contributed by atoms with van der Waals surface area (Å²) in [5.74, 6) is 0.745. The lowest BCUT2D eigenvalue weighted by molar-refractivity contribution is -0.142. The van der Waals surface area contributed by atoms with Gasteiger partial charge in [-0.15, -0.1) is 0 Å². The van der Waals surface area contributed by atoms with Gasteiger partial charge in [-0.05, 0) is 75.5 Å². The number of esters is 1. The Hall–Kier alpha value is -2.16. The topological polar surface area (TPSA) is 131 Å². The molecule has 1 saturated heterocycles. The van der Waals surface area contributed by atoms with E-state index in [1.54, 1.807) is 0 Å². The molecule has 1 aliphatic heterocycles. The SMILES string of the molecule is COC(=O)CC[C@H](NC(=O)[C@@H]1CCCN1C(=O)CN)C(=O)NC12CC3CC(CC(C3)C1)C2. The molecule has 178 valence electrons. The number of carbonyl (C=O) groups is 4. The molecule has 4 saturated carbocycles. The van der Waals surface area contributed by atoms with Gasteiger partial charge in [-0.1, -0.05) is 0 Å². The first kappa shape index (κ1) is 23.0. The first-order chi connectivity index (χ1) is 15.3. The smallest absolute Gasteiger partial charge is 0.305 e. The lowest BCUT2D eigenvalue weighted by atomic mass is 9.53. The summed E-state index contributed by atoms with van der Waals surface area (Å²) in [5, 5.41) is 6.14. The number of methoxy groups -OCH3 is 1. The average molecular weight is 449 g/mol. The van der Waals surface area contributed by atoms with E-state index in [-0.39, 0.29) is 42.6 Å². The summed E-state index contributed by atoms with van der Waals surface area (Å²) >= 11 is 0. The van der Waals surface area contributed by atoms with Gasteiger partial charge in [-0.2, -0.15) is 0 Å². The van der Waals surface area contributed by atoms with Crippen molar-refractivity contribution in [3.63, 3.8) is 0 Å². The monoisotopic (exact) mass is 448 g/mol. The molecule has 9 nitrogen and oxygen atoms in total. The summed E-state index contributed by atoms with van der Waals surface area (Å²) < 4.78 is 4.73. The van der Waals surface area contributed by atoms with E-state index in [0.29, 0.717) is 30.7 Å². The highest BCUT2D eigenvalue weighted by atomic mass is 16.5. The zero-order chi connectivity index (χ0) is 22.9. The summed E-state index contributed by atoms with van der Waals surface area (Å²) in [5.41, 5.74) is 5.30. The van der Waals surface area contributed by atoms with Gasteiger partial charge in [0.1, 0.15) is 12.1 Å². The minimum Gasteiger partial charge on any atom is -0.469 e. The number of hydrogen-bond acceptors (Lipinski definition) is 6. The summed E-state index contributed by atoms with van der Waals surface area (Å²) in [7, 11) is 1.31. The van der Waals surface area contributed by atoms with Gasteiger partial charge in [-0.3, -0.25) is 19.2 Å². The van der Waals surface area contributed by atoms with Gasteiger partial charge in [-0.25, -0.2) is 0 Å². The number of rotatable bonds is 8. The molecule has 5 rings (SSSR count). The Kier molecular flexibility index (Phi) is 6.74. The van der Waals surface area contributed by atoms with Gasteiger partial charge < -0.3 is 26.0 Å². The van der Waals surface area contributed by atoms with Crippen molar-refractivity contribution in [3.8, 4) is 0 Å². The zero-order valence-electron chi connectivity index (χ0n) is 18.9. The van der Waals surface area contributed by atoms with E-state index in [1.807, 2.05) is 0 Å². The number of hydrogen-bond donors (Lipinski definition) is 3. The minimum absolute atomic E-state index is 0.0336. The molecular weight excluding hydrogens is 412 g/mol. The molecule has 9 heteroatoms. The molecule has 5 aliphatic rings. The van der Waals surface area contributed by atoms with E-state index in [2.05, 4.69) is 10.6 Å². The third-order valence-corrected chi connectivity index (χ3v) is 7.97. The number of nitrogens with zero attached hydrogens (tertiary/aromatic N) is 1. The van der Waals surface area contributed by atoms with E-state index in [0.717, 1.165) is 25.7 Å². The molecule has 32 heavy (non-hydrogen) atoms. The first-order valence-electron chi connectivity index (χ1n) is 12.0. The Balaban J connectivity index is 1.44. The van der Waals surface area contributed by atoms with Gasteiger partial charge in [0.05, 0.1) is 13.7 Å². The quantitative estimate of drug-likeness (QED) is 0.463. The van der Waals surface area contributed by atoms with Crippen molar-refractivity contribution in [2.24, 2.45) is 23.5 Å². The molecule has 5 fully saturated rings. The molecule has 2 atom stereocenters. The van der Waals surface area contributed by atoms with Crippen LogP contribution >= 0.6 is 0 Å². The highest BCUT2D eigenvalue weighted by Crippen LogP contribution is 2.55. The summed E-state index contributed by atoms with van der Waals surface area (Å²) in [6.45, 7) is 0.336. The number of nitrogens with two attached hydrogens (primary N) is 1. The maximum atomic E-state index is 13.4. The van der Waals surface area contributed by atoms with Gasteiger partial charge in [0.2, 0.25) is 17.7 Å². The lowest BCUT2D eigenvalue weighted by Crippen LogP contribution is -2.63. The van der Waals surface area contributed by atoms with Crippen LogP contribution in [0.2, 0.25) is 0 Å². The van der Waals surface area contributed by atoms with Crippen LogP contribution in [0.4, 0.5) is 0 Å². The fourth-order valence-corrected chi connectivity index (χ4v) is 6.97. The van der Waals surface area contributed by atoms with Crippen LogP contribution in [0, 0.1) is 17.8 Å². The second-order valence-electron chi connectivity index (χ2n) is 10.3. The van der Waals surface area contributed by atoms with Crippen molar-refractivity contribution < 1.29 is 23.9 Å². The van der Waals surface area contributed by atoms with Crippen LogP contribution in [0.15, 0.2) is 0 Å². The van der Waals surface area contributed by atoms with Gasteiger partial charge in [0.25, 0.3) is 0 Å². The number of likely N-dealkylation sites (tertiary alicyclic amines) is 1. The van der Waals surface area contributed by atoms with Crippen molar-refractivity contribution >= 4 is 23.7 Å². The highest BCUT2D eigenvalue weighted by Gasteiger charge is 2.52. The lowest BCUT2D eigenvalue weighted by Gasteiger charge is -2.57. The van der Waals surface area contributed by atoms with Gasteiger partial charge >= 0.3 is 5.97 Å². The highest BCUT2D eigenvalue weighted by molar-refractivity contribution is 5.93. The zero-order valence-corrected chi connectivity index (χ0v) is 18.9. The standard InChI is InChI=1S/C23H36N4O5/c1-32-20(29)5-4-17(25-22(31)18-3-2-6-27(18)19(28)13-24)21(30)26-23-10-14-7-15(11-23)9-16(8-14)12-23/h14-18H,2-13,24H2,1H3,(H,25,31)(H,26,30)/t14?,15?,16?,17-,18-,23?/m0/s1. The van der Waals surface area contributed by atoms with E-state index in [4.69, 9.17) is 10.5 Å². The van der Waals surface area contributed by atoms with Crippen molar-refractivity contribution in [2.75, 3.05) is 20.2 Å². The Bertz CT molecular complexity index is 734. The van der Waals surface area contributed by atoms with Gasteiger partial charge in [0.15, 0.2) is 0 Å². The van der Waals surface area contributed by atoms with Gasteiger partial charge in [0, 0.05) is 18.5 Å². The Labute approximate surface area is 189 Å². The largest absolute Gasteiger partial charge is 0.469 e. The van der Waals surface area contributed by atoms with Crippen LogP contribution in [-0.2, 0) is 23.9 Å². The Morgan fingerprint density at radius 1 is 1.09 bits per heavy atom. The summed E-state index contributed by atoms with van der Waals surface area (Å²) in [6.07, 6.45) is 8.27. The third kappa shape index (κ3) is 4.77. The molecule has 0 aromatic rings. The Morgan fingerprint density at radius 2 is 1.72 bits per heavy atom. The maximum absolute atomic E-state index is 13.4. The van der Waals surface area contributed by atoms with E-state index in [9.17, 15) is 19.2 Å². The molecule has 4 bridgehead atoms. The second kappa shape index (κ2) is 9.37. The van der Waals surface area contributed by atoms with Crippen LogP contribution in [0.3, 0.4) is 0 Å². The maximum Gasteiger partial charge on any atom is 0.305 e. The molecule has 1 heterocycles. The van der Waals surface area contributed by atoms with E-state index < -0.39 is 18.1 Å². The molecule has 0 unspecified atom stereocenters. The molecule has 4 aliphatic carbocycles. The molecule has 0 aromatic heterocycles. The first-order valence-corrected chi connectivity index (χ1v) is 12.0. The van der Waals surface area contributed by atoms with Crippen molar-refractivity contribution in [2.45, 2.75) is 81.8 Å². The normalized spacial score (nSPS) is 33.6. The number of amides is 3. The predicted octanol–water partition coefficient (Wildman–Crippen LogP) is 0.459. The van der Waals surface area contributed by atoms with Crippen LogP contribution in [0.25, 0.3) is 0 Å². The third-order valence-electron chi connectivity index (χ3n) is 7.97. The fourth-order valence-electron chi connectivity index (χ4n) is 6.97. The number of ether oxygens (including phenoxy) is 1. The number of nitrogens with one attached hydrogen (secondary N) is 2. The fraction of sp³-hybridized carbons (Fsp3) is 0.826. The molecule has 4 N–H and O–H groups in total. The molecule has 3 amide bonds. The van der Waals surface area contributed by atoms with Crippen molar-refractivity contribution in [3.05, 3.63) is 0 Å². The molecular formula is C23H36N4O5. The minimum atomic E-state index is -0.843. The van der Waals surface area contributed by atoms with Crippen molar-refractivity contribution in [1.29, 1.82) is 0 Å². The predicted molar refractivity (Wildman–Crippen MR) is 116 cm³/mol. The van der Waals surface area contributed by atoms with Crippen molar-refractivity contribution in [1.82, 2.24) is 15.5 Å². The average Bonchev–Trinajstić information content (AvgIpc) is 3.24. The summed E-state index contributed by atoms with van der Waals surface area (Å²) in [6, 6.07) is -1.47. The molecule has 0 radical (unpaired) electrons. The Morgan fingerprint density at radius 3 is 2.28 bits per heavy atom. The van der Waals surface area contributed by atoms with E-state index >= 15 is 0 Å². The van der Waals surface area contributed by atoms with Crippen LogP contribution in [0.5, 0.6) is 0 Å². The molecule has 0 aromatic carbocycles. The van der Waals surface area contributed by atoms with Crippen LogP contribution in [-0.4, -0.2) is 66.4 Å². The molecule has 0 spiro atoms.